The molecule has 0 radical (unpaired) electrons. The van der Waals surface area contributed by atoms with Crippen LogP contribution >= 0.6 is 11.6 Å². The molecule has 4 heteroatoms. The van der Waals surface area contributed by atoms with E-state index in [0.717, 1.165) is 16.8 Å². The zero-order valence-corrected chi connectivity index (χ0v) is 10.1. The number of hydrogen-bond donors (Lipinski definition) is 0. The molecule has 0 aliphatic heterocycles. The number of hydrogen-bond acceptors (Lipinski definition) is 3. The summed E-state index contributed by atoms with van der Waals surface area (Å²) in [5, 5.41) is 4.72. The second-order valence-corrected chi connectivity index (χ2v) is 3.81. The van der Waals surface area contributed by atoms with Crippen molar-refractivity contribution in [1.82, 2.24) is 4.98 Å². The minimum absolute atomic E-state index is 0.691. The molecule has 2 aromatic rings. The van der Waals surface area contributed by atoms with Gasteiger partial charge in [0.25, 0.3) is 0 Å². The van der Waals surface area contributed by atoms with E-state index >= 15 is 0 Å². The van der Waals surface area contributed by atoms with Crippen molar-refractivity contribution in [3.05, 3.63) is 64.9 Å². The van der Waals surface area contributed by atoms with Crippen LogP contribution in [0.3, 0.4) is 0 Å². The highest BCUT2D eigenvalue weighted by atomic mass is 35.5. The first kappa shape index (κ1) is 11.6. The monoisotopic (exact) mass is 246 g/mol. The van der Waals surface area contributed by atoms with Crippen molar-refractivity contribution in [3.8, 4) is 0 Å². The Bertz CT molecular complexity index is 509. The van der Waals surface area contributed by atoms with E-state index in [-0.39, 0.29) is 0 Å². The van der Waals surface area contributed by atoms with Gasteiger partial charge in [-0.1, -0.05) is 28.9 Å². The largest absolute Gasteiger partial charge is 0.399 e. The van der Waals surface area contributed by atoms with Gasteiger partial charge in [0.05, 0.1) is 0 Å². The third-order valence-corrected chi connectivity index (χ3v) is 2.49. The molecule has 86 valence electrons. The van der Waals surface area contributed by atoms with E-state index in [1.165, 1.54) is 7.11 Å². The zero-order valence-electron chi connectivity index (χ0n) is 9.30. The molecule has 17 heavy (non-hydrogen) atoms. The van der Waals surface area contributed by atoms with Gasteiger partial charge in [0.15, 0.2) is 0 Å². The van der Waals surface area contributed by atoms with E-state index in [1.54, 1.807) is 12.4 Å². The molecular formula is C13H11ClN2O. The Hall–Kier alpha value is -1.87. The Morgan fingerprint density at radius 2 is 1.94 bits per heavy atom. The van der Waals surface area contributed by atoms with Crippen molar-refractivity contribution < 1.29 is 4.84 Å². The van der Waals surface area contributed by atoms with Crippen molar-refractivity contribution in [3.63, 3.8) is 0 Å². The van der Waals surface area contributed by atoms with Crippen LogP contribution in [0.2, 0.25) is 5.02 Å². The first-order chi connectivity index (χ1) is 8.31. The summed E-state index contributed by atoms with van der Waals surface area (Å²) in [6.45, 7) is 0. The average Bonchev–Trinajstić information content (AvgIpc) is 2.38. The van der Waals surface area contributed by atoms with Crippen molar-refractivity contribution in [2.45, 2.75) is 0 Å². The minimum atomic E-state index is 0.691. The van der Waals surface area contributed by atoms with Crippen LogP contribution in [-0.2, 0) is 4.84 Å². The van der Waals surface area contributed by atoms with Crippen LogP contribution in [0.4, 0.5) is 0 Å². The van der Waals surface area contributed by atoms with Gasteiger partial charge in [-0.3, -0.25) is 4.98 Å². The first-order valence-corrected chi connectivity index (χ1v) is 5.46. The molecule has 0 bridgehead atoms. The fourth-order valence-electron chi connectivity index (χ4n) is 1.47. The predicted octanol–water partition coefficient (Wildman–Crippen LogP) is 3.13. The highest BCUT2D eigenvalue weighted by molar-refractivity contribution is 6.30. The molecule has 0 saturated carbocycles. The molecule has 1 heterocycles. The topological polar surface area (TPSA) is 34.5 Å². The van der Waals surface area contributed by atoms with Crippen LogP contribution in [0.25, 0.3) is 0 Å². The number of oxime groups is 1. The van der Waals surface area contributed by atoms with Gasteiger partial charge in [-0.05, 0) is 24.3 Å². The van der Waals surface area contributed by atoms with E-state index in [4.69, 9.17) is 16.4 Å². The molecular weight excluding hydrogens is 236 g/mol. The second kappa shape index (κ2) is 5.46. The predicted molar refractivity (Wildman–Crippen MR) is 68.3 cm³/mol. The normalized spacial score (nSPS) is 11.3. The summed E-state index contributed by atoms with van der Waals surface area (Å²) in [5.41, 5.74) is 2.57. The maximum absolute atomic E-state index is 5.86. The average molecular weight is 247 g/mol. The number of aromatic nitrogens is 1. The van der Waals surface area contributed by atoms with Crippen LogP contribution in [0.1, 0.15) is 11.1 Å². The van der Waals surface area contributed by atoms with Crippen molar-refractivity contribution in [2.24, 2.45) is 5.16 Å². The smallest absolute Gasteiger partial charge is 0.118 e. The molecule has 3 nitrogen and oxygen atoms in total. The van der Waals surface area contributed by atoms with Gasteiger partial charge in [0.2, 0.25) is 0 Å². The molecule has 0 N–H and O–H groups in total. The minimum Gasteiger partial charge on any atom is -0.399 e. The zero-order chi connectivity index (χ0) is 12.1. The van der Waals surface area contributed by atoms with Gasteiger partial charge in [0.1, 0.15) is 12.8 Å². The Kier molecular flexibility index (Phi) is 3.73. The summed E-state index contributed by atoms with van der Waals surface area (Å²) in [5.74, 6) is 0. The highest BCUT2D eigenvalue weighted by Gasteiger charge is 2.07. The van der Waals surface area contributed by atoms with Gasteiger partial charge in [-0.25, -0.2) is 0 Å². The summed E-state index contributed by atoms with van der Waals surface area (Å²) in [4.78, 5) is 8.94. The molecule has 0 fully saturated rings. The van der Waals surface area contributed by atoms with E-state index in [2.05, 4.69) is 10.1 Å². The summed E-state index contributed by atoms with van der Waals surface area (Å²) in [6, 6.07) is 11.2. The number of pyridine rings is 1. The van der Waals surface area contributed by atoms with Crippen LogP contribution in [0, 0.1) is 0 Å². The summed E-state index contributed by atoms with van der Waals surface area (Å²) >= 11 is 5.86. The molecule has 1 aromatic heterocycles. The van der Waals surface area contributed by atoms with Crippen LogP contribution in [-0.4, -0.2) is 17.8 Å². The summed E-state index contributed by atoms with van der Waals surface area (Å²) in [7, 11) is 1.52. The Balaban J connectivity index is 2.44. The van der Waals surface area contributed by atoms with Gasteiger partial charge in [0, 0.05) is 28.5 Å². The summed E-state index contributed by atoms with van der Waals surface area (Å²) in [6.07, 6.45) is 3.46. The molecule has 0 amide bonds. The van der Waals surface area contributed by atoms with Gasteiger partial charge >= 0.3 is 0 Å². The molecule has 0 aliphatic rings. The van der Waals surface area contributed by atoms with E-state index in [0.29, 0.717) is 5.02 Å². The molecule has 0 spiro atoms. The fourth-order valence-corrected chi connectivity index (χ4v) is 1.60. The molecule has 0 unspecified atom stereocenters. The molecule has 2 rings (SSSR count). The second-order valence-electron chi connectivity index (χ2n) is 3.37. The maximum atomic E-state index is 5.86. The number of nitrogens with zero attached hydrogens (tertiary/aromatic N) is 2. The lowest BCUT2D eigenvalue weighted by atomic mass is 10.0. The van der Waals surface area contributed by atoms with E-state index in [1.807, 2.05) is 36.4 Å². The third kappa shape index (κ3) is 2.82. The van der Waals surface area contributed by atoms with Gasteiger partial charge < -0.3 is 4.84 Å². The van der Waals surface area contributed by atoms with Crippen LogP contribution in [0.15, 0.2) is 53.9 Å². The van der Waals surface area contributed by atoms with Crippen molar-refractivity contribution in [2.75, 3.05) is 7.11 Å². The highest BCUT2D eigenvalue weighted by Crippen LogP contribution is 2.14. The fraction of sp³-hybridized carbons (Fsp3) is 0.0769. The lowest BCUT2D eigenvalue weighted by Crippen LogP contribution is -2.04. The number of halogens is 1. The van der Waals surface area contributed by atoms with Crippen molar-refractivity contribution in [1.29, 1.82) is 0 Å². The summed E-state index contributed by atoms with van der Waals surface area (Å²) < 4.78 is 0. The van der Waals surface area contributed by atoms with E-state index < -0.39 is 0 Å². The first-order valence-electron chi connectivity index (χ1n) is 5.09. The lowest BCUT2D eigenvalue weighted by Gasteiger charge is -2.05. The van der Waals surface area contributed by atoms with Gasteiger partial charge in [-0.2, -0.15) is 0 Å². The Labute approximate surface area is 105 Å². The SMILES string of the molecule is CO/N=C(\c1ccc(Cl)cc1)c1cccnc1. The maximum Gasteiger partial charge on any atom is 0.118 e. The van der Waals surface area contributed by atoms with Crippen LogP contribution in [0.5, 0.6) is 0 Å². The molecule has 1 aromatic carbocycles. The van der Waals surface area contributed by atoms with E-state index in [9.17, 15) is 0 Å². The molecule has 0 saturated heterocycles. The molecule has 0 atom stereocenters. The number of rotatable bonds is 3. The third-order valence-electron chi connectivity index (χ3n) is 2.24. The Morgan fingerprint density at radius 1 is 1.18 bits per heavy atom. The quantitative estimate of drug-likeness (QED) is 0.616. The van der Waals surface area contributed by atoms with Gasteiger partial charge in [-0.15, -0.1) is 0 Å². The standard InChI is InChI=1S/C13H11ClN2O/c1-17-16-13(11-3-2-8-15-9-11)10-4-6-12(14)7-5-10/h2-9H,1H3/b16-13+. The van der Waals surface area contributed by atoms with Crippen LogP contribution < -0.4 is 0 Å². The Morgan fingerprint density at radius 3 is 2.53 bits per heavy atom. The molecule has 0 aliphatic carbocycles. The van der Waals surface area contributed by atoms with Crippen molar-refractivity contribution >= 4 is 17.3 Å². The lowest BCUT2D eigenvalue weighted by molar-refractivity contribution is 0.214. The number of benzene rings is 1.